The Hall–Kier alpha value is -2.17. The molecule has 0 aliphatic heterocycles. The summed E-state index contributed by atoms with van der Waals surface area (Å²) in [5.74, 6) is -1.09. The van der Waals surface area contributed by atoms with Crippen molar-refractivity contribution in [1.29, 1.82) is 0 Å². The lowest BCUT2D eigenvalue weighted by atomic mass is 10.0. The molecular formula is C13H12FNO3. The molecule has 2 aromatic rings. The maximum Gasteiger partial charge on any atom is 0.357 e. The Morgan fingerprint density at radius 2 is 2.11 bits per heavy atom. The number of carboxylic acids is 1. The van der Waals surface area contributed by atoms with E-state index in [4.69, 9.17) is 9.52 Å². The minimum Gasteiger partial charge on any atom is -0.476 e. The van der Waals surface area contributed by atoms with E-state index in [2.05, 4.69) is 4.98 Å². The van der Waals surface area contributed by atoms with Crippen LogP contribution in [0.15, 0.2) is 34.9 Å². The molecule has 1 aromatic heterocycles. The van der Waals surface area contributed by atoms with E-state index < -0.39 is 5.97 Å². The van der Waals surface area contributed by atoms with E-state index >= 15 is 0 Å². The van der Waals surface area contributed by atoms with Gasteiger partial charge in [0.05, 0.1) is 0 Å². The fraction of sp³-hybridized carbons (Fsp3) is 0.231. The number of hydrogen-bond acceptors (Lipinski definition) is 3. The SMILES string of the molecule is CC(Cc1ccc(F)cc1)c1nc(C(=O)O)co1. The molecule has 1 aromatic carbocycles. The van der Waals surface area contributed by atoms with Gasteiger partial charge in [0, 0.05) is 5.92 Å². The molecule has 0 amide bonds. The predicted molar refractivity (Wildman–Crippen MR) is 62.0 cm³/mol. The fourth-order valence-corrected chi connectivity index (χ4v) is 1.67. The first-order chi connectivity index (χ1) is 8.56. The quantitative estimate of drug-likeness (QED) is 0.904. The monoisotopic (exact) mass is 249 g/mol. The summed E-state index contributed by atoms with van der Waals surface area (Å²) in [5.41, 5.74) is 0.843. The standard InChI is InChI=1S/C13H12FNO3/c1-8(6-9-2-4-10(14)5-3-9)12-15-11(7-18-12)13(16)17/h2-5,7-8H,6H2,1H3,(H,16,17). The van der Waals surface area contributed by atoms with Gasteiger partial charge in [-0.2, -0.15) is 0 Å². The van der Waals surface area contributed by atoms with Crippen LogP contribution in [0, 0.1) is 5.82 Å². The van der Waals surface area contributed by atoms with E-state index in [1.54, 1.807) is 12.1 Å². The molecule has 1 unspecified atom stereocenters. The van der Waals surface area contributed by atoms with Crippen LogP contribution in [-0.4, -0.2) is 16.1 Å². The van der Waals surface area contributed by atoms with Gasteiger partial charge in [-0.1, -0.05) is 19.1 Å². The second-order valence-corrected chi connectivity index (χ2v) is 4.11. The van der Waals surface area contributed by atoms with Crippen LogP contribution in [0.4, 0.5) is 4.39 Å². The van der Waals surface area contributed by atoms with Gasteiger partial charge in [0.2, 0.25) is 0 Å². The van der Waals surface area contributed by atoms with Crippen molar-refractivity contribution in [2.75, 3.05) is 0 Å². The Labute approximate surface area is 103 Å². The maximum absolute atomic E-state index is 12.7. The number of hydrogen-bond donors (Lipinski definition) is 1. The molecule has 1 N–H and O–H groups in total. The van der Waals surface area contributed by atoms with Gasteiger partial charge in [-0.3, -0.25) is 0 Å². The van der Waals surface area contributed by atoms with E-state index in [1.807, 2.05) is 6.92 Å². The number of benzene rings is 1. The van der Waals surface area contributed by atoms with Crippen LogP contribution in [0.3, 0.4) is 0 Å². The first-order valence-corrected chi connectivity index (χ1v) is 5.49. The topological polar surface area (TPSA) is 63.3 Å². The summed E-state index contributed by atoms with van der Waals surface area (Å²) >= 11 is 0. The zero-order valence-electron chi connectivity index (χ0n) is 9.76. The Kier molecular flexibility index (Phi) is 3.41. The molecule has 0 saturated heterocycles. The maximum atomic E-state index is 12.7. The summed E-state index contributed by atoms with van der Waals surface area (Å²) in [5, 5.41) is 8.74. The second-order valence-electron chi connectivity index (χ2n) is 4.11. The normalized spacial score (nSPS) is 12.3. The summed E-state index contributed by atoms with van der Waals surface area (Å²) in [4.78, 5) is 14.6. The van der Waals surface area contributed by atoms with Crippen molar-refractivity contribution in [3.05, 3.63) is 53.5 Å². The number of aromatic carboxylic acids is 1. The molecule has 0 saturated carbocycles. The van der Waals surface area contributed by atoms with Crippen molar-refractivity contribution >= 4 is 5.97 Å². The average molecular weight is 249 g/mol. The smallest absolute Gasteiger partial charge is 0.357 e. The van der Waals surface area contributed by atoms with E-state index in [9.17, 15) is 9.18 Å². The molecule has 1 atom stereocenters. The summed E-state index contributed by atoms with van der Waals surface area (Å²) in [6.07, 6.45) is 1.73. The highest BCUT2D eigenvalue weighted by Crippen LogP contribution is 2.20. The van der Waals surface area contributed by atoms with Crippen molar-refractivity contribution in [1.82, 2.24) is 4.98 Å². The molecule has 18 heavy (non-hydrogen) atoms. The van der Waals surface area contributed by atoms with Crippen LogP contribution in [0.1, 0.15) is 34.8 Å². The fourth-order valence-electron chi connectivity index (χ4n) is 1.67. The van der Waals surface area contributed by atoms with Gasteiger partial charge in [-0.05, 0) is 24.1 Å². The van der Waals surface area contributed by atoms with Crippen molar-refractivity contribution in [3.8, 4) is 0 Å². The van der Waals surface area contributed by atoms with Crippen LogP contribution in [0.5, 0.6) is 0 Å². The summed E-state index contributed by atoms with van der Waals surface area (Å²) in [7, 11) is 0. The summed E-state index contributed by atoms with van der Waals surface area (Å²) < 4.78 is 17.9. The zero-order chi connectivity index (χ0) is 13.1. The van der Waals surface area contributed by atoms with E-state index in [1.165, 1.54) is 12.1 Å². The Balaban J connectivity index is 2.09. The Morgan fingerprint density at radius 3 is 2.67 bits per heavy atom. The number of carboxylic acid groups (broad SMARTS) is 1. The molecule has 2 rings (SSSR count). The molecule has 0 aliphatic carbocycles. The second kappa shape index (κ2) is 5.00. The summed E-state index contributed by atoms with van der Waals surface area (Å²) in [6.45, 7) is 1.88. The van der Waals surface area contributed by atoms with Crippen molar-refractivity contribution in [3.63, 3.8) is 0 Å². The molecule has 94 valence electrons. The third kappa shape index (κ3) is 2.74. The van der Waals surface area contributed by atoms with Gasteiger partial charge >= 0.3 is 5.97 Å². The lowest BCUT2D eigenvalue weighted by Gasteiger charge is -2.06. The number of oxazole rings is 1. The van der Waals surface area contributed by atoms with Gasteiger partial charge in [-0.25, -0.2) is 14.2 Å². The molecule has 0 fully saturated rings. The van der Waals surface area contributed by atoms with E-state index in [-0.39, 0.29) is 17.4 Å². The highest BCUT2D eigenvalue weighted by molar-refractivity contribution is 5.84. The number of aromatic nitrogens is 1. The highest BCUT2D eigenvalue weighted by atomic mass is 19.1. The largest absolute Gasteiger partial charge is 0.476 e. The molecule has 1 heterocycles. The molecule has 4 nitrogen and oxygen atoms in total. The van der Waals surface area contributed by atoms with Crippen LogP contribution in [-0.2, 0) is 6.42 Å². The lowest BCUT2D eigenvalue weighted by Crippen LogP contribution is -2.01. The molecule has 0 bridgehead atoms. The number of nitrogens with zero attached hydrogens (tertiary/aromatic N) is 1. The first kappa shape index (κ1) is 12.3. The van der Waals surface area contributed by atoms with Crippen molar-refractivity contribution in [2.45, 2.75) is 19.3 Å². The Morgan fingerprint density at radius 1 is 1.44 bits per heavy atom. The van der Waals surface area contributed by atoms with Crippen molar-refractivity contribution < 1.29 is 18.7 Å². The predicted octanol–water partition coefficient (Wildman–Crippen LogP) is 2.86. The third-order valence-corrected chi connectivity index (χ3v) is 2.62. The van der Waals surface area contributed by atoms with Crippen LogP contribution in [0.2, 0.25) is 0 Å². The summed E-state index contributed by atoms with van der Waals surface area (Å²) in [6, 6.07) is 6.15. The minimum absolute atomic E-state index is 0.0661. The average Bonchev–Trinajstić information content (AvgIpc) is 2.81. The van der Waals surface area contributed by atoms with E-state index in [0.717, 1.165) is 11.8 Å². The number of carbonyl (C=O) groups is 1. The Bertz CT molecular complexity index is 548. The van der Waals surface area contributed by atoms with Gasteiger partial charge in [0.1, 0.15) is 12.1 Å². The van der Waals surface area contributed by atoms with E-state index in [0.29, 0.717) is 12.3 Å². The number of rotatable bonds is 4. The first-order valence-electron chi connectivity index (χ1n) is 5.49. The molecule has 0 aliphatic rings. The zero-order valence-corrected chi connectivity index (χ0v) is 9.76. The number of halogens is 1. The molecule has 5 heteroatoms. The van der Waals surface area contributed by atoms with Gasteiger partial charge in [-0.15, -0.1) is 0 Å². The molecule has 0 spiro atoms. The van der Waals surface area contributed by atoms with Gasteiger partial charge in [0.25, 0.3) is 0 Å². The third-order valence-electron chi connectivity index (χ3n) is 2.62. The van der Waals surface area contributed by atoms with Crippen molar-refractivity contribution in [2.24, 2.45) is 0 Å². The molecule has 0 radical (unpaired) electrons. The minimum atomic E-state index is -1.11. The highest BCUT2D eigenvalue weighted by Gasteiger charge is 2.16. The lowest BCUT2D eigenvalue weighted by molar-refractivity contribution is 0.0690. The van der Waals surface area contributed by atoms with Crippen LogP contribution >= 0.6 is 0 Å². The van der Waals surface area contributed by atoms with Crippen LogP contribution in [0.25, 0.3) is 0 Å². The van der Waals surface area contributed by atoms with Gasteiger partial charge in [0.15, 0.2) is 11.6 Å². The molecular weight excluding hydrogens is 237 g/mol. The van der Waals surface area contributed by atoms with Crippen LogP contribution < -0.4 is 0 Å². The van der Waals surface area contributed by atoms with Gasteiger partial charge < -0.3 is 9.52 Å².